The van der Waals surface area contributed by atoms with Crippen LogP contribution in [0.15, 0.2) is 84.9 Å². The molecule has 3 heterocycles. The molecule has 3 atom stereocenters. The number of urea groups is 1. The zero-order valence-electron chi connectivity index (χ0n) is 20.5. The van der Waals surface area contributed by atoms with Crippen molar-refractivity contribution in [2.75, 3.05) is 21.2 Å². The first kappa shape index (κ1) is 22.5. The molecule has 6 nitrogen and oxygen atoms in total. The molecule has 0 saturated carbocycles. The van der Waals surface area contributed by atoms with Crippen LogP contribution >= 0.6 is 0 Å². The average molecular weight is 480 g/mol. The van der Waals surface area contributed by atoms with Gasteiger partial charge in [-0.05, 0) is 60.6 Å². The molecule has 0 aliphatic carbocycles. The number of rotatable bonds is 2. The number of imide groups is 2. The Morgan fingerprint density at radius 3 is 1.83 bits per heavy atom. The molecule has 2 fully saturated rings. The fourth-order valence-electron chi connectivity index (χ4n) is 6.72. The molecule has 1 spiro atoms. The van der Waals surface area contributed by atoms with Gasteiger partial charge < -0.3 is 4.90 Å². The summed E-state index contributed by atoms with van der Waals surface area (Å²) < 4.78 is 0. The smallest absolute Gasteiger partial charge is 0.342 e. The van der Waals surface area contributed by atoms with Gasteiger partial charge in [0.1, 0.15) is 0 Å². The number of piperidine rings is 1. The van der Waals surface area contributed by atoms with E-state index < -0.39 is 23.3 Å². The molecule has 3 aromatic carbocycles. The molecule has 0 unspecified atom stereocenters. The Balaban J connectivity index is 1.61. The van der Waals surface area contributed by atoms with E-state index in [1.165, 1.54) is 9.80 Å². The van der Waals surface area contributed by atoms with E-state index in [1.54, 1.807) is 48.5 Å². The third kappa shape index (κ3) is 3.13. The van der Waals surface area contributed by atoms with Gasteiger partial charge in [0.25, 0.3) is 11.8 Å². The highest BCUT2D eigenvalue weighted by atomic mass is 16.2. The van der Waals surface area contributed by atoms with Gasteiger partial charge in [0.2, 0.25) is 0 Å². The molecule has 182 valence electrons. The lowest BCUT2D eigenvalue weighted by molar-refractivity contribution is -0.144. The van der Waals surface area contributed by atoms with E-state index in [9.17, 15) is 14.4 Å². The first-order valence-electron chi connectivity index (χ1n) is 12.6. The van der Waals surface area contributed by atoms with Gasteiger partial charge in [-0.15, -0.1) is 0 Å². The fraction of sp³-hybridized carbons (Fsp3) is 0.300. The molecule has 2 saturated heterocycles. The molecular weight excluding hydrogens is 450 g/mol. The molecule has 0 N–H and O–H groups in total. The number of hydrogen-bond acceptors (Lipinski definition) is 4. The van der Waals surface area contributed by atoms with Crippen LogP contribution in [0.25, 0.3) is 0 Å². The molecule has 4 amide bonds. The van der Waals surface area contributed by atoms with Crippen LogP contribution in [0.2, 0.25) is 0 Å². The molecule has 36 heavy (non-hydrogen) atoms. The monoisotopic (exact) mass is 479 g/mol. The van der Waals surface area contributed by atoms with Crippen molar-refractivity contribution in [3.05, 3.63) is 90.5 Å². The summed E-state index contributed by atoms with van der Waals surface area (Å²) in [7, 11) is 0. The largest absolute Gasteiger partial charge is 0.366 e. The number of carbonyl (C=O) groups excluding carboxylic acids is 3. The highest BCUT2D eigenvalue weighted by molar-refractivity contribution is 6.39. The lowest BCUT2D eigenvalue weighted by Crippen LogP contribution is -2.75. The summed E-state index contributed by atoms with van der Waals surface area (Å²) in [6.45, 7) is 5.12. The van der Waals surface area contributed by atoms with Crippen molar-refractivity contribution in [3.8, 4) is 0 Å². The van der Waals surface area contributed by atoms with E-state index in [0.717, 1.165) is 24.2 Å². The Morgan fingerprint density at radius 1 is 0.722 bits per heavy atom. The van der Waals surface area contributed by atoms with E-state index in [-0.39, 0.29) is 18.4 Å². The summed E-state index contributed by atoms with van der Waals surface area (Å²) in [5, 5.41) is 0. The average Bonchev–Trinajstić information content (AvgIpc) is 2.88. The molecule has 0 bridgehead atoms. The highest BCUT2D eigenvalue weighted by Gasteiger charge is 2.66. The van der Waals surface area contributed by atoms with E-state index in [0.29, 0.717) is 17.3 Å². The Bertz CT molecular complexity index is 1280. The van der Waals surface area contributed by atoms with E-state index in [1.807, 2.05) is 30.3 Å². The molecule has 3 aromatic rings. The first-order chi connectivity index (χ1) is 17.4. The Morgan fingerprint density at radius 2 is 1.25 bits per heavy atom. The quantitative estimate of drug-likeness (QED) is 0.469. The summed E-state index contributed by atoms with van der Waals surface area (Å²) in [5.74, 6) is -0.354. The molecular formula is C30H29N3O3. The van der Waals surface area contributed by atoms with Gasteiger partial charge in [-0.2, -0.15) is 0 Å². The van der Waals surface area contributed by atoms with Gasteiger partial charge >= 0.3 is 6.03 Å². The second kappa shape index (κ2) is 8.33. The van der Waals surface area contributed by atoms with Crippen molar-refractivity contribution >= 4 is 34.9 Å². The molecule has 3 aliphatic heterocycles. The van der Waals surface area contributed by atoms with Crippen LogP contribution in [0.4, 0.5) is 21.9 Å². The van der Waals surface area contributed by atoms with Crippen LogP contribution < -0.4 is 14.7 Å². The summed E-state index contributed by atoms with van der Waals surface area (Å²) in [6.07, 6.45) is 1.18. The van der Waals surface area contributed by atoms with Gasteiger partial charge in [0.05, 0.1) is 17.4 Å². The van der Waals surface area contributed by atoms with Crippen molar-refractivity contribution in [1.29, 1.82) is 0 Å². The lowest BCUT2D eigenvalue weighted by atomic mass is 9.62. The second-order valence-electron chi connectivity index (χ2n) is 10.4. The number of fused-ring (bicyclic) bond motifs is 4. The molecule has 6 rings (SSSR count). The SMILES string of the molecule is C[C@H]1C[C@@H](C)[C@H]2N(C1)c1ccccc1CC21C(=O)N(c2ccccc2)C(=O)N(c2ccccc2)C1=O. The number of amides is 4. The Kier molecular flexibility index (Phi) is 5.21. The van der Waals surface area contributed by atoms with E-state index in [4.69, 9.17) is 0 Å². The number of barbiturate groups is 1. The van der Waals surface area contributed by atoms with E-state index >= 15 is 0 Å². The number of benzene rings is 3. The number of anilines is 3. The number of carbonyl (C=O) groups is 3. The Hall–Kier alpha value is -3.93. The molecule has 0 radical (unpaired) electrons. The van der Waals surface area contributed by atoms with Gasteiger partial charge in [-0.1, -0.05) is 68.4 Å². The minimum absolute atomic E-state index is 0.0819. The summed E-state index contributed by atoms with van der Waals surface area (Å²) >= 11 is 0. The number of nitrogens with zero attached hydrogens (tertiary/aromatic N) is 3. The van der Waals surface area contributed by atoms with Crippen molar-refractivity contribution in [2.45, 2.75) is 32.7 Å². The maximum atomic E-state index is 14.6. The minimum Gasteiger partial charge on any atom is -0.366 e. The number of para-hydroxylation sites is 3. The highest BCUT2D eigenvalue weighted by Crippen LogP contribution is 2.52. The van der Waals surface area contributed by atoms with Gasteiger partial charge in [0, 0.05) is 12.2 Å². The van der Waals surface area contributed by atoms with Crippen LogP contribution in [0, 0.1) is 17.3 Å². The number of hydrogen-bond donors (Lipinski definition) is 0. The topological polar surface area (TPSA) is 60.9 Å². The third-order valence-electron chi connectivity index (χ3n) is 8.01. The second-order valence-corrected chi connectivity index (χ2v) is 10.4. The zero-order chi connectivity index (χ0) is 25.0. The van der Waals surface area contributed by atoms with Crippen LogP contribution in [-0.4, -0.2) is 30.4 Å². The fourth-order valence-corrected chi connectivity index (χ4v) is 6.72. The van der Waals surface area contributed by atoms with E-state index in [2.05, 4.69) is 24.8 Å². The van der Waals surface area contributed by atoms with Gasteiger partial charge in [0.15, 0.2) is 5.41 Å². The summed E-state index contributed by atoms with van der Waals surface area (Å²) in [4.78, 5) is 47.9. The van der Waals surface area contributed by atoms with Crippen molar-refractivity contribution < 1.29 is 14.4 Å². The Labute approximate surface area is 211 Å². The van der Waals surface area contributed by atoms with Crippen molar-refractivity contribution in [3.63, 3.8) is 0 Å². The minimum atomic E-state index is -1.42. The molecule has 3 aliphatic rings. The first-order valence-corrected chi connectivity index (χ1v) is 12.6. The van der Waals surface area contributed by atoms with Crippen LogP contribution in [0.3, 0.4) is 0 Å². The maximum absolute atomic E-state index is 14.6. The van der Waals surface area contributed by atoms with Crippen molar-refractivity contribution in [2.24, 2.45) is 17.3 Å². The standard InChI is InChI=1S/C30H29N3O3/c1-20-17-21(2)26-30(18-22-11-9-10-16-25(22)31(26)19-20)27(34)32(23-12-5-3-6-13-23)29(36)33(28(30)35)24-14-7-4-8-15-24/h3-16,20-21,26H,17-19H2,1-2H3/t20-,21+,26+/m0/s1. The summed E-state index contributed by atoms with van der Waals surface area (Å²) in [6, 6.07) is 25.0. The summed E-state index contributed by atoms with van der Waals surface area (Å²) in [5.41, 5.74) is 1.58. The molecule has 6 heteroatoms. The van der Waals surface area contributed by atoms with Crippen LogP contribution in [-0.2, 0) is 16.0 Å². The van der Waals surface area contributed by atoms with Gasteiger partial charge in [-0.25, -0.2) is 14.6 Å². The maximum Gasteiger partial charge on any atom is 0.342 e. The van der Waals surface area contributed by atoms with Crippen molar-refractivity contribution in [1.82, 2.24) is 0 Å². The lowest BCUT2D eigenvalue weighted by Gasteiger charge is -2.58. The molecule has 0 aromatic heterocycles. The third-order valence-corrected chi connectivity index (χ3v) is 8.01. The van der Waals surface area contributed by atoms with Crippen LogP contribution in [0.5, 0.6) is 0 Å². The van der Waals surface area contributed by atoms with Gasteiger partial charge in [-0.3, -0.25) is 9.59 Å². The predicted octanol–water partition coefficient (Wildman–Crippen LogP) is 5.28. The van der Waals surface area contributed by atoms with Crippen LogP contribution in [0.1, 0.15) is 25.8 Å². The zero-order valence-corrected chi connectivity index (χ0v) is 20.5. The normalized spacial score (nSPS) is 25.1. The predicted molar refractivity (Wildman–Crippen MR) is 140 cm³/mol.